The van der Waals surface area contributed by atoms with Crippen LogP contribution >= 0.6 is 24.0 Å². The summed E-state index contributed by atoms with van der Waals surface area (Å²) < 4.78 is 5.73. The van der Waals surface area contributed by atoms with E-state index in [2.05, 4.69) is 32.7 Å². The first kappa shape index (κ1) is 25.9. The van der Waals surface area contributed by atoms with Crippen LogP contribution in [0.5, 0.6) is 0 Å². The highest BCUT2D eigenvalue weighted by Crippen LogP contribution is 2.26. The number of unbranched alkanes of at least 4 members (excludes halogenated alkanes) is 1. The quantitative estimate of drug-likeness (QED) is 0.215. The molecule has 1 aromatic carbocycles. The maximum Gasteiger partial charge on any atom is 0.225 e. The Balaban J connectivity index is 0.00000341. The lowest BCUT2D eigenvalue weighted by Crippen LogP contribution is -2.45. The zero-order chi connectivity index (χ0) is 21.0. The molecule has 6 nitrogen and oxygen atoms in total. The minimum absolute atomic E-state index is 0. The van der Waals surface area contributed by atoms with E-state index in [1.54, 1.807) is 7.05 Å². The first-order valence-electron chi connectivity index (χ1n) is 11.6. The summed E-state index contributed by atoms with van der Waals surface area (Å²) in [6.45, 7) is 3.97. The molecule has 174 valence electrons. The number of amides is 1. The summed E-state index contributed by atoms with van der Waals surface area (Å²) in [6, 6.07) is 10.6. The monoisotopic (exact) mass is 542 g/mol. The lowest BCUT2D eigenvalue weighted by atomic mass is 9.88. The highest BCUT2D eigenvalue weighted by atomic mass is 127. The van der Waals surface area contributed by atoms with Gasteiger partial charge in [-0.1, -0.05) is 49.6 Å². The van der Waals surface area contributed by atoms with Crippen molar-refractivity contribution in [3.8, 4) is 0 Å². The second-order valence-corrected chi connectivity index (χ2v) is 8.49. The Bertz CT molecular complexity index is 665. The Labute approximate surface area is 204 Å². The van der Waals surface area contributed by atoms with Crippen LogP contribution in [0.3, 0.4) is 0 Å². The molecular formula is C24H39IN4O2. The second-order valence-electron chi connectivity index (χ2n) is 8.49. The molecule has 1 atom stereocenters. The SMILES string of the molecule is CN=C(NCCCCOCc1ccccc1)NC1CCN(C(=O)C2CCCCC2)C1.I. The van der Waals surface area contributed by atoms with Gasteiger partial charge >= 0.3 is 0 Å². The molecule has 31 heavy (non-hydrogen) atoms. The number of hydrogen-bond acceptors (Lipinski definition) is 3. The highest BCUT2D eigenvalue weighted by molar-refractivity contribution is 14.0. The van der Waals surface area contributed by atoms with Crippen LogP contribution in [0.15, 0.2) is 35.3 Å². The summed E-state index contributed by atoms with van der Waals surface area (Å²) in [5, 5.41) is 6.88. The molecule has 0 bridgehead atoms. The second kappa shape index (κ2) is 14.7. The molecule has 0 aromatic heterocycles. The van der Waals surface area contributed by atoms with Gasteiger partial charge in [0.15, 0.2) is 5.96 Å². The van der Waals surface area contributed by atoms with Crippen LogP contribution in [0.1, 0.15) is 56.9 Å². The molecule has 1 aliphatic heterocycles. The standard InChI is InChI=1S/C24H38N4O2.HI/c1-25-24(26-15-8-9-17-30-19-20-10-4-2-5-11-20)27-22-14-16-28(18-22)23(29)21-12-6-3-7-13-21;/h2,4-5,10-11,21-22H,3,6-9,12-19H2,1H3,(H2,25,26,27);1H. The number of halogens is 1. The maximum absolute atomic E-state index is 12.7. The van der Waals surface area contributed by atoms with Crippen molar-refractivity contribution < 1.29 is 9.53 Å². The topological polar surface area (TPSA) is 66.0 Å². The van der Waals surface area contributed by atoms with Gasteiger partial charge in [0.05, 0.1) is 6.61 Å². The van der Waals surface area contributed by atoms with E-state index in [4.69, 9.17) is 4.74 Å². The third-order valence-corrected chi connectivity index (χ3v) is 6.14. The van der Waals surface area contributed by atoms with Crippen molar-refractivity contribution in [1.82, 2.24) is 15.5 Å². The van der Waals surface area contributed by atoms with Crippen LogP contribution in [0.4, 0.5) is 0 Å². The Morgan fingerprint density at radius 3 is 2.65 bits per heavy atom. The number of rotatable bonds is 9. The fraction of sp³-hybridized carbons (Fsp3) is 0.667. The predicted molar refractivity (Wildman–Crippen MR) is 137 cm³/mol. The fourth-order valence-electron chi connectivity index (χ4n) is 4.37. The van der Waals surface area contributed by atoms with E-state index in [1.165, 1.54) is 24.8 Å². The van der Waals surface area contributed by atoms with Crippen LogP contribution < -0.4 is 10.6 Å². The predicted octanol–water partition coefficient (Wildman–Crippen LogP) is 3.95. The van der Waals surface area contributed by atoms with Crippen LogP contribution in [-0.2, 0) is 16.1 Å². The first-order chi connectivity index (χ1) is 14.8. The van der Waals surface area contributed by atoms with Crippen LogP contribution in [0, 0.1) is 5.92 Å². The minimum Gasteiger partial charge on any atom is -0.377 e. The van der Waals surface area contributed by atoms with Gasteiger partial charge < -0.3 is 20.3 Å². The van der Waals surface area contributed by atoms with Crippen molar-refractivity contribution in [1.29, 1.82) is 0 Å². The molecule has 2 N–H and O–H groups in total. The number of hydrogen-bond donors (Lipinski definition) is 2. The molecule has 1 unspecified atom stereocenters. The zero-order valence-electron chi connectivity index (χ0n) is 18.9. The van der Waals surface area contributed by atoms with E-state index in [9.17, 15) is 4.79 Å². The van der Waals surface area contributed by atoms with Crippen molar-refractivity contribution in [3.63, 3.8) is 0 Å². The summed E-state index contributed by atoms with van der Waals surface area (Å²) >= 11 is 0. The normalized spacial score (nSPS) is 19.7. The number of nitrogens with zero attached hydrogens (tertiary/aromatic N) is 2. The van der Waals surface area contributed by atoms with Gasteiger partial charge in [0.1, 0.15) is 0 Å². The van der Waals surface area contributed by atoms with E-state index in [1.807, 2.05) is 18.2 Å². The summed E-state index contributed by atoms with van der Waals surface area (Å²) in [5.74, 6) is 1.47. The van der Waals surface area contributed by atoms with E-state index >= 15 is 0 Å². The van der Waals surface area contributed by atoms with Crippen molar-refractivity contribution in [3.05, 3.63) is 35.9 Å². The highest BCUT2D eigenvalue weighted by Gasteiger charge is 2.31. The fourth-order valence-corrected chi connectivity index (χ4v) is 4.37. The van der Waals surface area contributed by atoms with E-state index in [-0.39, 0.29) is 35.9 Å². The van der Waals surface area contributed by atoms with E-state index in [0.717, 1.165) is 64.3 Å². The molecule has 0 radical (unpaired) electrons. The van der Waals surface area contributed by atoms with Gasteiger partial charge in [0.25, 0.3) is 0 Å². The molecule has 2 fully saturated rings. The average molecular weight is 543 g/mol. The molecule has 1 saturated heterocycles. The molecule has 7 heteroatoms. The Hall–Kier alpha value is -1.35. The van der Waals surface area contributed by atoms with Gasteiger partial charge in [-0.2, -0.15) is 0 Å². The molecule has 1 aliphatic carbocycles. The van der Waals surface area contributed by atoms with Crippen molar-refractivity contribution >= 4 is 35.8 Å². The molecule has 2 aliphatic rings. The molecule has 1 saturated carbocycles. The Morgan fingerprint density at radius 2 is 1.90 bits per heavy atom. The van der Waals surface area contributed by atoms with Gasteiger partial charge in [0, 0.05) is 45.2 Å². The Kier molecular flexibility index (Phi) is 12.3. The lowest BCUT2D eigenvalue weighted by molar-refractivity contribution is -0.135. The number of nitrogens with one attached hydrogen (secondary N) is 2. The number of aliphatic imine (C=N–C) groups is 1. The summed E-state index contributed by atoms with van der Waals surface area (Å²) in [5.41, 5.74) is 1.22. The van der Waals surface area contributed by atoms with E-state index < -0.39 is 0 Å². The number of carbonyl (C=O) groups excluding carboxylic acids is 1. The van der Waals surface area contributed by atoms with Crippen molar-refractivity contribution in [2.24, 2.45) is 10.9 Å². The number of guanidine groups is 1. The summed E-state index contributed by atoms with van der Waals surface area (Å²) in [4.78, 5) is 19.1. The van der Waals surface area contributed by atoms with Gasteiger partial charge in [-0.05, 0) is 37.7 Å². The maximum atomic E-state index is 12.7. The van der Waals surface area contributed by atoms with Gasteiger partial charge in [-0.25, -0.2) is 0 Å². The first-order valence-corrected chi connectivity index (χ1v) is 11.6. The molecule has 1 aromatic rings. The molecule has 0 spiro atoms. The molecule has 1 amide bonds. The van der Waals surface area contributed by atoms with Gasteiger partial charge in [-0.3, -0.25) is 9.79 Å². The zero-order valence-corrected chi connectivity index (χ0v) is 21.2. The number of ether oxygens (including phenoxy) is 1. The molecule has 3 rings (SSSR count). The summed E-state index contributed by atoms with van der Waals surface area (Å²) in [6.07, 6.45) is 8.90. The van der Waals surface area contributed by atoms with Gasteiger partial charge in [0.2, 0.25) is 5.91 Å². The van der Waals surface area contributed by atoms with E-state index in [0.29, 0.717) is 12.5 Å². The Morgan fingerprint density at radius 1 is 1.13 bits per heavy atom. The van der Waals surface area contributed by atoms with Crippen LogP contribution in [0.25, 0.3) is 0 Å². The van der Waals surface area contributed by atoms with Crippen molar-refractivity contribution in [2.45, 2.75) is 64.0 Å². The number of likely N-dealkylation sites (tertiary alicyclic amines) is 1. The molecular weight excluding hydrogens is 503 g/mol. The number of benzene rings is 1. The largest absolute Gasteiger partial charge is 0.377 e. The lowest BCUT2D eigenvalue weighted by Gasteiger charge is -2.26. The smallest absolute Gasteiger partial charge is 0.225 e. The average Bonchev–Trinajstić information content (AvgIpc) is 3.27. The van der Waals surface area contributed by atoms with Crippen molar-refractivity contribution in [2.75, 3.05) is 33.3 Å². The van der Waals surface area contributed by atoms with Crippen LogP contribution in [-0.4, -0.2) is 56.1 Å². The third kappa shape index (κ3) is 8.96. The van der Waals surface area contributed by atoms with Gasteiger partial charge in [-0.15, -0.1) is 24.0 Å². The summed E-state index contributed by atoms with van der Waals surface area (Å²) in [7, 11) is 1.80. The minimum atomic E-state index is 0. The number of carbonyl (C=O) groups is 1. The third-order valence-electron chi connectivity index (χ3n) is 6.14. The van der Waals surface area contributed by atoms with Crippen LogP contribution in [0.2, 0.25) is 0 Å². The molecule has 1 heterocycles.